The summed E-state index contributed by atoms with van der Waals surface area (Å²) in [5.74, 6) is 0.120. The molecule has 2 bridgehead atoms. The lowest BCUT2D eigenvalue weighted by molar-refractivity contribution is -0.149. The normalized spacial score (nSPS) is 38.2. The largest absolute Gasteiger partial charge is 0.481 e. The number of carbonyl (C=O) groups is 2. The minimum atomic E-state index is -0.785. The van der Waals surface area contributed by atoms with E-state index in [-0.39, 0.29) is 11.8 Å². The van der Waals surface area contributed by atoms with E-state index in [4.69, 9.17) is 0 Å². The first-order chi connectivity index (χ1) is 9.15. The van der Waals surface area contributed by atoms with Gasteiger partial charge in [-0.15, -0.1) is 0 Å². The molecule has 0 radical (unpaired) electrons. The average molecular weight is 265 g/mol. The van der Waals surface area contributed by atoms with Gasteiger partial charge in [0.05, 0.1) is 11.8 Å². The molecule has 106 valence electrons. The highest BCUT2D eigenvalue weighted by Crippen LogP contribution is 2.38. The lowest BCUT2D eigenvalue weighted by atomic mass is 9.94. The fourth-order valence-electron chi connectivity index (χ4n) is 4.33. The van der Waals surface area contributed by atoms with Crippen molar-refractivity contribution in [1.29, 1.82) is 0 Å². The molecule has 0 aromatic rings. The molecule has 4 unspecified atom stereocenters. The number of hydrogen-bond donors (Lipinski definition) is 1. The van der Waals surface area contributed by atoms with Crippen LogP contribution in [-0.2, 0) is 9.59 Å². The Morgan fingerprint density at radius 1 is 0.947 bits per heavy atom. The highest BCUT2D eigenvalue weighted by molar-refractivity contribution is 5.85. The van der Waals surface area contributed by atoms with Crippen LogP contribution in [0.3, 0.4) is 0 Å². The third kappa shape index (κ3) is 2.49. The van der Waals surface area contributed by atoms with Gasteiger partial charge in [0, 0.05) is 13.1 Å². The van der Waals surface area contributed by atoms with Gasteiger partial charge in [-0.3, -0.25) is 9.59 Å². The molecule has 1 amide bonds. The molecular formula is C15H23NO3. The van der Waals surface area contributed by atoms with Crippen molar-refractivity contribution in [2.24, 2.45) is 23.7 Å². The summed E-state index contributed by atoms with van der Waals surface area (Å²) in [6.45, 7) is 1.72. The number of carbonyl (C=O) groups excluding carboxylic acids is 1. The van der Waals surface area contributed by atoms with Gasteiger partial charge in [0.25, 0.3) is 0 Å². The Morgan fingerprint density at radius 3 is 2.47 bits per heavy atom. The summed E-state index contributed by atoms with van der Waals surface area (Å²) in [5.41, 5.74) is 0. The minimum Gasteiger partial charge on any atom is -0.481 e. The van der Waals surface area contributed by atoms with E-state index in [9.17, 15) is 14.7 Å². The van der Waals surface area contributed by atoms with Crippen LogP contribution in [0.1, 0.15) is 44.9 Å². The van der Waals surface area contributed by atoms with E-state index in [0.717, 1.165) is 38.3 Å². The average Bonchev–Trinajstić information content (AvgIpc) is 2.95. The van der Waals surface area contributed by atoms with Crippen LogP contribution in [0, 0.1) is 23.7 Å². The maximum absolute atomic E-state index is 12.6. The predicted molar refractivity (Wildman–Crippen MR) is 70.5 cm³/mol. The van der Waals surface area contributed by atoms with Crippen molar-refractivity contribution in [2.75, 3.05) is 13.1 Å². The molecule has 2 saturated carbocycles. The number of aliphatic carboxylic acids is 1. The summed E-state index contributed by atoms with van der Waals surface area (Å²) in [6.07, 6.45) is 7.29. The first-order valence-corrected chi connectivity index (χ1v) is 7.66. The van der Waals surface area contributed by atoms with E-state index < -0.39 is 11.9 Å². The first kappa shape index (κ1) is 12.9. The number of carboxylic acid groups (broad SMARTS) is 1. The van der Waals surface area contributed by atoms with Crippen LogP contribution in [-0.4, -0.2) is 35.0 Å². The molecule has 3 fully saturated rings. The second-order valence-electron chi connectivity index (χ2n) is 6.60. The van der Waals surface area contributed by atoms with Crippen LogP contribution < -0.4 is 0 Å². The molecule has 3 aliphatic rings. The standard InChI is InChI=1S/C15H23NO3/c17-14(12-2-1-3-13(12)15(18)19)16-7-6-10-4-5-11(8-10)9-16/h10-13H,1-9H2,(H,18,19). The Kier molecular flexibility index (Phi) is 3.50. The summed E-state index contributed by atoms with van der Waals surface area (Å²) >= 11 is 0. The zero-order valence-corrected chi connectivity index (χ0v) is 11.4. The fraction of sp³-hybridized carbons (Fsp3) is 0.867. The van der Waals surface area contributed by atoms with Gasteiger partial charge in [-0.05, 0) is 43.9 Å². The van der Waals surface area contributed by atoms with Crippen LogP contribution in [0.2, 0.25) is 0 Å². The molecule has 0 aromatic carbocycles. The molecule has 4 heteroatoms. The van der Waals surface area contributed by atoms with Crippen molar-refractivity contribution < 1.29 is 14.7 Å². The highest BCUT2D eigenvalue weighted by Gasteiger charge is 2.41. The number of fused-ring (bicyclic) bond motifs is 2. The van der Waals surface area contributed by atoms with E-state index in [1.165, 1.54) is 19.3 Å². The quantitative estimate of drug-likeness (QED) is 0.832. The van der Waals surface area contributed by atoms with Crippen molar-refractivity contribution in [2.45, 2.75) is 44.9 Å². The third-order valence-corrected chi connectivity index (χ3v) is 5.40. The highest BCUT2D eigenvalue weighted by atomic mass is 16.4. The number of rotatable bonds is 2. The number of nitrogens with zero attached hydrogens (tertiary/aromatic N) is 1. The van der Waals surface area contributed by atoms with Crippen molar-refractivity contribution in [3.05, 3.63) is 0 Å². The summed E-state index contributed by atoms with van der Waals surface area (Å²) in [6, 6.07) is 0. The van der Waals surface area contributed by atoms with Crippen molar-refractivity contribution in [3.63, 3.8) is 0 Å². The lowest BCUT2D eigenvalue weighted by Gasteiger charge is -2.29. The van der Waals surface area contributed by atoms with Crippen LogP contribution in [0.4, 0.5) is 0 Å². The van der Waals surface area contributed by atoms with Gasteiger partial charge < -0.3 is 10.0 Å². The van der Waals surface area contributed by atoms with Gasteiger partial charge in [0.2, 0.25) is 5.91 Å². The van der Waals surface area contributed by atoms with Crippen LogP contribution in [0.5, 0.6) is 0 Å². The molecule has 1 aliphatic heterocycles. The van der Waals surface area contributed by atoms with Gasteiger partial charge in [-0.1, -0.05) is 12.8 Å². The molecule has 1 heterocycles. The van der Waals surface area contributed by atoms with Crippen molar-refractivity contribution in [1.82, 2.24) is 4.90 Å². The lowest BCUT2D eigenvalue weighted by Crippen LogP contribution is -2.41. The topological polar surface area (TPSA) is 57.6 Å². The SMILES string of the molecule is O=C(O)C1CCCC1C(=O)N1CCC2CCC(C2)C1. The zero-order chi connectivity index (χ0) is 13.4. The van der Waals surface area contributed by atoms with Crippen molar-refractivity contribution in [3.8, 4) is 0 Å². The van der Waals surface area contributed by atoms with Crippen LogP contribution >= 0.6 is 0 Å². The van der Waals surface area contributed by atoms with Crippen LogP contribution in [0.25, 0.3) is 0 Å². The number of amides is 1. The van der Waals surface area contributed by atoms with Gasteiger partial charge >= 0.3 is 5.97 Å². The summed E-state index contributed by atoms with van der Waals surface area (Å²) < 4.78 is 0. The van der Waals surface area contributed by atoms with Gasteiger partial charge in [-0.2, -0.15) is 0 Å². The summed E-state index contributed by atoms with van der Waals surface area (Å²) in [7, 11) is 0. The molecule has 0 aromatic heterocycles. The Labute approximate surface area is 114 Å². The first-order valence-electron chi connectivity index (χ1n) is 7.66. The van der Waals surface area contributed by atoms with Crippen LogP contribution in [0.15, 0.2) is 0 Å². The van der Waals surface area contributed by atoms with E-state index in [2.05, 4.69) is 0 Å². The van der Waals surface area contributed by atoms with Gasteiger partial charge in [0.1, 0.15) is 0 Å². The number of carboxylic acids is 1. The molecule has 1 N–H and O–H groups in total. The molecule has 1 saturated heterocycles. The molecule has 4 nitrogen and oxygen atoms in total. The van der Waals surface area contributed by atoms with Gasteiger partial charge in [-0.25, -0.2) is 0 Å². The molecule has 4 atom stereocenters. The molecule has 3 rings (SSSR count). The zero-order valence-electron chi connectivity index (χ0n) is 11.4. The number of likely N-dealkylation sites (tertiary alicyclic amines) is 1. The maximum Gasteiger partial charge on any atom is 0.307 e. The smallest absolute Gasteiger partial charge is 0.307 e. The Bertz CT molecular complexity index is 382. The molecule has 2 aliphatic carbocycles. The van der Waals surface area contributed by atoms with E-state index in [1.807, 2.05) is 4.90 Å². The Hall–Kier alpha value is -1.06. The predicted octanol–water partition coefficient (Wildman–Crippen LogP) is 2.14. The fourth-order valence-corrected chi connectivity index (χ4v) is 4.33. The number of hydrogen-bond acceptors (Lipinski definition) is 2. The molecule has 19 heavy (non-hydrogen) atoms. The second kappa shape index (κ2) is 5.14. The van der Waals surface area contributed by atoms with E-state index >= 15 is 0 Å². The second-order valence-corrected chi connectivity index (χ2v) is 6.60. The van der Waals surface area contributed by atoms with Gasteiger partial charge in [0.15, 0.2) is 0 Å². The minimum absolute atomic E-state index is 0.123. The molecule has 0 spiro atoms. The Balaban J connectivity index is 1.67. The molecular weight excluding hydrogens is 242 g/mol. The monoisotopic (exact) mass is 265 g/mol. The summed E-state index contributed by atoms with van der Waals surface area (Å²) in [4.78, 5) is 25.8. The summed E-state index contributed by atoms with van der Waals surface area (Å²) in [5, 5.41) is 9.22. The van der Waals surface area contributed by atoms with E-state index in [1.54, 1.807) is 0 Å². The third-order valence-electron chi connectivity index (χ3n) is 5.40. The van der Waals surface area contributed by atoms with Crippen molar-refractivity contribution >= 4 is 11.9 Å². The Morgan fingerprint density at radius 2 is 1.68 bits per heavy atom. The van der Waals surface area contributed by atoms with E-state index in [0.29, 0.717) is 12.3 Å². The maximum atomic E-state index is 12.6.